The molecule has 0 saturated carbocycles. The molecule has 1 aliphatic rings. The zero-order valence-electron chi connectivity index (χ0n) is 15.2. The van der Waals surface area contributed by atoms with E-state index in [4.69, 9.17) is 0 Å². The second kappa shape index (κ2) is 8.14. The van der Waals surface area contributed by atoms with Crippen molar-refractivity contribution in [3.63, 3.8) is 0 Å². The second-order valence-corrected chi connectivity index (χ2v) is 6.81. The van der Waals surface area contributed by atoms with Gasteiger partial charge in [0.25, 0.3) is 0 Å². The fourth-order valence-corrected chi connectivity index (χ4v) is 3.50. The molecular weight excluding hydrogens is 338 g/mol. The van der Waals surface area contributed by atoms with Gasteiger partial charge in [-0.15, -0.1) is 0 Å². The maximum Gasteiger partial charge on any atom is 0.237 e. The van der Waals surface area contributed by atoms with Gasteiger partial charge in [-0.2, -0.15) is 5.10 Å². The Hall–Kier alpha value is -2.99. The van der Waals surface area contributed by atoms with Crippen molar-refractivity contribution in [3.05, 3.63) is 78.2 Å². The Bertz CT molecular complexity index is 861. The number of likely N-dealkylation sites (tertiary alicyclic amines) is 1. The molecule has 6 heteroatoms. The summed E-state index contributed by atoms with van der Waals surface area (Å²) in [5.41, 5.74) is 2.22. The Morgan fingerprint density at radius 1 is 1.11 bits per heavy atom. The first kappa shape index (κ1) is 17.4. The molecule has 27 heavy (non-hydrogen) atoms. The van der Waals surface area contributed by atoms with E-state index in [9.17, 15) is 4.79 Å². The largest absolute Gasteiger partial charge is 0.351 e. The van der Waals surface area contributed by atoms with Crippen LogP contribution in [-0.2, 0) is 17.9 Å². The molecule has 3 aromatic rings. The highest BCUT2D eigenvalue weighted by Crippen LogP contribution is 2.20. The fourth-order valence-electron chi connectivity index (χ4n) is 3.50. The van der Waals surface area contributed by atoms with Gasteiger partial charge >= 0.3 is 0 Å². The first-order valence-corrected chi connectivity index (χ1v) is 9.30. The van der Waals surface area contributed by atoms with E-state index in [0.717, 1.165) is 37.3 Å². The molecule has 6 nitrogen and oxygen atoms in total. The van der Waals surface area contributed by atoms with Gasteiger partial charge < -0.3 is 5.32 Å². The number of benzene rings is 1. The van der Waals surface area contributed by atoms with E-state index >= 15 is 0 Å². The van der Waals surface area contributed by atoms with Crippen molar-refractivity contribution in [3.8, 4) is 5.82 Å². The van der Waals surface area contributed by atoms with Gasteiger partial charge in [0.15, 0.2) is 5.82 Å². The molecule has 1 aromatic carbocycles. The van der Waals surface area contributed by atoms with Crippen molar-refractivity contribution >= 4 is 5.91 Å². The van der Waals surface area contributed by atoms with Gasteiger partial charge in [0.1, 0.15) is 0 Å². The lowest BCUT2D eigenvalue weighted by atomic mass is 10.1. The van der Waals surface area contributed by atoms with Crippen LogP contribution in [0.4, 0.5) is 0 Å². The summed E-state index contributed by atoms with van der Waals surface area (Å²) < 4.78 is 1.71. The molecule has 1 aliphatic heterocycles. The molecule has 138 valence electrons. The average molecular weight is 361 g/mol. The van der Waals surface area contributed by atoms with E-state index < -0.39 is 0 Å². The highest BCUT2D eigenvalue weighted by Gasteiger charge is 2.30. The van der Waals surface area contributed by atoms with Gasteiger partial charge in [-0.3, -0.25) is 9.69 Å². The summed E-state index contributed by atoms with van der Waals surface area (Å²) in [6.07, 6.45) is 7.33. The van der Waals surface area contributed by atoms with E-state index in [1.54, 1.807) is 17.1 Å². The van der Waals surface area contributed by atoms with Crippen molar-refractivity contribution < 1.29 is 4.79 Å². The molecule has 1 N–H and O–H groups in total. The minimum absolute atomic E-state index is 0.0542. The first-order valence-electron chi connectivity index (χ1n) is 9.30. The Kier molecular flexibility index (Phi) is 5.25. The highest BCUT2D eigenvalue weighted by atomic mass is 16.2. The minimum Gasteiger partial charge on any atom is -0.351 e. The van der Waals surface area contributed by atoms with Crippen LogP contribution in [0.3, 0.4) is 0 Å². The number of carbonyl (C=O) groups excluding carboxylic acids is 1. The standard InChI is InChI=1S/C21H23N5O/c27-21(19-8-4-12-25(19)16-17-6-2-1-3-7-17)23-15-18-9-10-20(22-14-18)26-13-5-11-24-26/h1-3,5-7,9-11,13-14,19H,4,8,12,15-16H2,(H,23,27). The van der Waals surface area contributed by atoms with Crippen LogP contribution in [-0.4, -0.2) is 38.2 Å². The summed E-state index contributed by atoms with van der Waals surface area (Å²) >= 11 is 0. The number of pyridine rings is 1. The summed E-state index contributed by atoms with van der Waals surface area (Å²) in [6, 6.07) is 16.0. The Morgan fingerprint density at radius 2 is 2.00 bits per heavy atom. The maximum absolute atomic E-state index is 12.7. The third-order valence-corrected chi connectivity index (χ3v) is 4.91. The summed E-state index contributed by atoms with van der Waals surface area (Å²) in [4.78, 5) is 19.4. The Morgan fingerprint density at radius 3 is 2.74 bits per heavy atom. The minimum atomic E-state index is -0.0542. The molecule has 2 aromatic heterocycles. The maximum atomic E-state index is 12.7. The second-order valence-electron chi connectivity index (χ2n) is 6.81. The van der Waals surface area contributed by atoms with E-state index in [-0.39, 0.29) is 11.9 Å². The van der Waals surface area contributed by atoms with Crippen LogP contribution in [0.25, 0.3) is 5.82 Å². The number of carbonyl (C=O) groups is 1. The smallest absolute Gasteiger partial charge is 0.237 e. The fraction of sp³-hybridized carbons (Fsp3) is 0.286. The van der Waals surface area contributed by atoms with Crippen LogP contribution in [0, 0.1) is 0 Å². The molecule has 3 heterocycles. The van der Waals surface area contributed by atoms with Gasteiger partial charge in [0, 0.05) is 31.7 Å². The molecule has 1 unspecified atom stereocenters. The predicted molar refractivity (Wildman–Crippen MR) is 103 cm³/mol. The molecule has 1 fully saturated rings. The summed E-state index contributed by atoms with van der Waals surface area (Å²) in [5.74, 6) is 0.861. The summed E-state index contributed by atoms with van der Waals surface area (Å²) in [5, 5.41) is 7.23. The van der Waals surface area contributed by atoms with Gasteiger partial charge in [-0.25, -0.2) is 9.67 Å². The third-order valence-electron chi connectivity index (χ3n) is 4.91. The van der Waals surface area contributed by atoms with Crippen molar-refractivity contribution in [2.45, 2.75) is 32.0 Å². The molecule has 4 rings (SSSR count). The first-order chi connectivity index (χ1) is 13.3. The number of nitrogens with one attached hydrogen (secondary N) is 1. The van der Waals surface area contributed by atoms with Gasteiger partial charge in [0.05, 0.1) is 6.04 Å². The molecule has 0 radical (unpaired) electrons. The number of rotatable bonds is 6. The average Bonchev–Trinajstić information content (AvgIpc) is 3.40. The molecule has 0 bridgehead atoms. The normalized spacial score (nSPS) is 17.1. The van der Waals surface area contributed by atoms with Gasteiger partial charge in [-0.1, -0.05) is 36.4 Å². The lowest BCUT2D eigenvalue weighted by Crippen LogP contribution is -2.42. The van der Waals surface area contributed by atoms with Crippen molar-refractivity contribution in [1.29, 1.82) is 0 Å². The molecule has 1 amide bonds. The number of amides is 1. The zero-order chi connectivity index (χ0) is 18.5. The number of aromatic nitrogens is 3. The van der Waals surface area contributed by atoms with Crippen LogP contribution < -0.4 is 5.32 Å². The van der Waals surface area contributed by atoms with Crippen LogP contribution in [0.2, 0.25) is 0 Å². The Labute approximate surface area is 158 Å². The lowest BCUT2D eigenvalue weighted by Gasteiger charge is -2.23. The van der Waals surface area contributed by atoms with Crippen LogP contribution in [0.1, 0.15) is 24.0 Å². The molecule has 0 aliphatic carbocycles. The van der Waals surface area contributed by atoms with Crippen LogP contribution >= 0.6 is 0 Å². The molecular formula is C21H23N5O. The monoisotopic (exact) mass is 361 g/mol. The molecule has 1 saturated heterocycles. The predicted octanol–water partition coefficient (Wildman–Crippen LogP) is 2.55. The van der Waals surface area contributed by atoms with Crippen LogP contribution in [0.5, 0.6) is 0 Å². The summed E-state index contributed by atoms with van der Waals surface area (Å²) in [7, 11) is 0. The number of hydrogen-bond acceptors (Lipinski definition) is 4. The van der Waals surface area contributed by atoms with E-state index in [1.165, 1.54) is 5.56 Å². The summed E-state index contributed by atoms with van der Waals surface area (Å²) in [6.45, 7) is 2.27. The van der Waals surface area contributed by atoms with E-state index in [2.05, 4.69) is 32.4 Å². The van der Waals surface area contributed by atoms with Crippen molar-refractivity contribution in [1.82, 2.24) is 25.0 Å². The quantitative estimate of drug-likeness (QED) is 0.733. The van der Waals surface area contributed by atoms with E-state index in [0.29, 0.717) is 6.54 Å². The Balaban J connectivity index is 1.33. The van der Waals surface area contributed by atoms with Crippen LogP contribution in [0.15, 0.2) is 67.1 Å². The molecule has 1 atom stereocenters. The topological polar surface area (TPSA) is 63.1 Å². The highest BCUT2D eigenvalue weighted by molar-refractivity contribution is 5.82. The lowest BCUT2D eigenvalue weighted by molar-refractivity contribution is -0.125. The SMILES string of the molecule is O=C(NCc1ccc(-n2cccn2)nc1)C1CCCN1Cc1ccccc1. The van der Waals surface area contributed by atoms with Crippen molar-refractivity contribution in [2.24, 2.45) is 0 Å². The van der Waals surface area contributed by atoms with E-state index in [1.807, 2.05) is 42.6 Å². The van der Waals surface area contributed by atoms with Gasteiger partial charge in [0.2, 0.25) is 5.91 Å². The number of hydrogen-bond donors (Lipinski definition) is 1. The van der Waals surface area contributed by atoms with Gasteiger partial charge in [-0.05, 0) is 42.6 Å². The molecule has 0 spiro atoms. The number of nitrogens with zero attached hydrogens (tertiary/aromatic N) is 4. The zero-order valence-corrected chi connectivity index (χ0v) is 15.2. The third kappa shape index (κ3) is 4.23. The van der Waals surface area contributed by atoms with Crippen molar-refractivity contribution in [2.75, 3.05) is 6.54 Å².